The molecule has 1 heterocycles. The molecule has 5 heteroatoms. The summed E-state index contributed by atoms with van der Waals surface area (Å²) in [6, 6.07) is 0. The molecule has 0 aromatic carbocycles. The third-order valence-corrected chi connectivity index (χ3v) is 2.16. The van der Waals surface area contributed by atoms with Gasteiger partial charge in [0.1, 0.15) is 12.2 Å². The highest BCUT2D eigenvalue weighted by Gasteiger charge is 2.03. The molecule has 1 aromatic heterocycles. The van der Waals surface area contributed by atoms with Crippen LogP contribution in [0.25, 0.3) is 0 Å². The topological polar surface area (TPSA) is 52.0 Å². The first-order chi connectivity index (χ1) is 7.74. The highest BCUT2D eigenvalue weighted by Crippen LogP contribution is 1.95. The molecule has 5 nitrogen and oxygen atoms in total. The van der Waals surface area contributed by atoms with E-state index in [2.05, 4.69) is 22.3 Å². The fourth-order valence-corrected chi connectivity index (χ4v) is 1.36. The lowest BCUT2D eigenvalue weighted by Crippen LogP contribution is -2.20. The SMILES string of the molecule is CCCNCc1ncnn1CCOC(C)C. The summed E-state index contributed by atoms with van der Waals surface area (Å²) in [6.07, 6.45) is 2.99. The Morgan fingerprint density at radius 3 is 3.00 bits per heavy atom. The van der Waals surface area contributed by atoms with E-state index < -0.39 is 0 Å². The first-order valence-electron chi connectivity index (χ1n) is 5.93. The van der Waals surface area contributed by atoms with E-state index >= 15 is 0 Å². The fourth-order valence-electron chi connectivity index (χ4n) is 1.36. The Hall–Kier alpha value is -0.940. The van der Waals surface area contributed by atoms with Crippen molar-refractivity contribution in [2.45, 2.75) is 46.4 Å². The summed E-state index contributed by atoms with van der Waals surface area (Å²) in [5.41, 5.74) is 0. The molecule has 0 atom stereocenters. The van der Waals surface area contributed by atoms with Crippen LogP contribution < -0.4 is 5.32 Å². The number of nitrogens with zero attached hydrogens (tertiary/aromatic N) is 3. The van der Waals surface area contributed by atoms with Gasteiger partial charge in [-0.3, -0.25) is 0 Å². The van der Waals surface area contributed by atoms with Crippen molar-refractivity contribution in [3.63, 3.8) is 0 Å². The van der Waals surface area contributed by atoms with Gasteiger partial charge in [-0.05, 0) is 26.8 Å². The van der Waals surface area contributed by atoms with Gasteiger partial charge in [0, 0.05) is 0 Å². The molecular weight excluding hydrogens is 204 g/mol. The van der Waals surface area contributed by atoms with Crippen molar-refractivity contribution in [2.24, 2.45) is 0 Å². The van der Waals surface area contributed by atoms with Crippen LogP contribution in [0.1, 0.15) is 33.0 Å². The first kappa shape index (κ1) is 13.1. The molecule has 92 valence electrons. The van der Waals surface area contributed by atoms with Crippen LogP contribution in [-0.2, 0) is 17.8 Å². The molecule has 0 fully saturated rings. The molecule has 0 amide bonds. The van der Waals surface area contributed by atoms with Gasteiger partial charge in [-0.25, -0.2) is 9.67 Å². The van der Waals surface area contributed by atoms with Crippen molar-refractivity contribution >= 4 is 0 Å². The summed E-state index contributed by atoms with van der Waals surface area (Å²) < 4.78 is 7.38. The zero-order valence-electron chi connectivity index (χ0n) is 10.4. The summed E-state index contributed by atoms with van der Waals surface area (Å²) in [5.74, 6) is 0.973. The minimum Gasteiger partial charge on any atom is -0.377 e. The molecule has 0 saturated heterocycles. The van der Waals surface area contributed by atoms with Gasteiger partial charge >= 0.3 is 0 Å². The van der Waals surface area contributed by atoms with Crippen LogP contribution in [0.3, 0.4) is 0 Å². The Labute approximate surface area is 97.2 Å². The average Bonchev–Trinajstić information content (AvgIpc) is 2.66. The lowest BCUT2D eigenvalue weighted by atomic mass is 10.4. The van der Waals surface area contributed by atoms with E-state index in [1.54, 1.807) is 6.33 Å². The highest BCUT2D eigenvalue weighted by atomic mass is 16.5. The highest BCUT2D eigenvalue weighted by molar-refractivity contribution is 4.83. The molecule has 16 heavy (non-hydrogen) atoms. The molecule has 0 aliphatic carbocycles. The van der Waals surface area contributed by atoms with Crippen LogP contribution in [-0.4, -0.2) is 34.0 Å². The normalized spacial score (nSPS) is 11.2. The zero-order chi connectivity index (χ0) is 11.8. The van der Waals surface area contributed by atoms with Crippen LogP contribution in [0.2, 0.25) is 0 Å². The standard InChI is InChI=1S/C11H22N4O/c1-4-5-12-8-11-13-9-14-15(11)6-7-16-10(2)3/h9-10,12H,4-8H2,1-3H3. The van der Waals surface area contributed by atoms with Gasteiger partial charge in [-0.15, -0.1) is 0 Å². The second-order valence-electron chi connectivity index (χ2n) is 4.00. The van der Waals surface area contributed by atoms with Gasteiger partial charge in [-0.1, -0.05) is 6.92 Å². The average molecular weight is 226 g/mol. The van der Waals surface area contributed by atoms with Crippen molar-refractivity contribution in [2.75, 3.05) is 13.2 Å². The van der Waals surface area contributed by atoms with Crippen LogP contribution >= 0.6 is 0 Å². The Kier molecular flexibility index (Phi) is 6.03. The lowest BCUT2D eigenvalue weighted by molar-refractivity contribution is 0.0704. The Bertz CT molecular complexity index is 285. The summed E-state index contributed by atoms with van der Waals surface area (Å²) in [6.45, 7) is 9.44. The number of hydrogen-bond donors (Lipinski definition) is 1. The predicted octanol–water partition coefficient (Wildman–Crippen LogP) is 1.20. The molecule has 1 N–H and O–H groups in total. The van der Waals surface area contributed by atoms with E-state index in [4.69, 9.17) is 4.74 Å². The van der Waals surface area contributed by atoms with Gasteiger partial charge in [-0.2, -0.15) is 5.10 Å². The molecule has 0 spiro atoms. The molecule has 0 radical (unpaired) electrons. The maximum atomic E-state index is 5.49. The summed E-state index contributed by atoms with van der Waals surface area (Å²) in [4.78, 5) is 4.22. The third kappa shape index (κ3) is 4.72. The van der Waals surface area contributed by atoms with Crippen LogP contribution in [0.5, 0.6) is 0 Å². The number of hydrogen-bond acceptors (Lipinski definition) is 4. The molecule has 0 aliphatic heterocycles. The molecule has 0 unspecified atom stereocenters. The maximum Gasteiger partial charge on any atom is 0.140 e. The van der Waals surface area contributed by atoms with Gasteiger partial charge < -0.3 is 10.1 Å². The van der Waals surface area contributed by atoms with Crippen molar-refractivity contribution in [1.82, 2.24) is 20.1 Å². The van der Waals surface area contributed by atoms with Crippen molar-refractivity contribution in [3.05, 3.63) is 12.2 Å². The van der Waals surface area contributed by atoms with Crippen molar-refractivity contribution in [3.8, 4) is 0 Å². The van der Waals surface area contributed by atoms with Gasteiger partial charge in [0.25, 0.3) is 0 Å². The monoisotopic (exact) mass is 226 g/mol. The molecule has 0 bridgehead atoms. The molecular formula is C11H22N4O. The Morgan fingerprint density at radius 2 is 2.31 bits per heavy atom. The second kappa shape index (κ2) is 7.35. The van der Waals surface area contributed by atoms with Crippen molar-refractivity contribution in [1.29, 1.82) is 0 Å². The van der Waals surface area contributed by atoms with E-state index in [0.717, 1.165) is 31.9 Å². The van der Waals surface area contributed by atoms with Gasteiger partial charge in [0.05, 0.1) is 25.8 Å². The number of aromatic nitrogens is 3. The quantitative estimate of drug-likeness (QED) is 0.677. The molecule has 0 aliphatic rings. The van der Waals surface area contributed by atoms with E-state index in [9.17, 15) is 0 Å². The van der Waals surface area contributed by atoms with Crippen LogP contribution in [0.15, 0.2) is 6.33 Å². The minimum atomic E-state index is 0.269. The largest absolute Gasteiger partial charge is 0.377 e. The van der Waals surface area contributed by atoms with E-state index in [1.807, 2.05) is 18.5 Å². The van der Waals surface area contributed by atoms with Crippen LogP contribution in [0.4, 0.5) is 0 Å². The second-order valence-corrected chi connectivity index (χ2v) is 4.00. The third-order valence-electron chi connectivity index (χ3n) is 2.16. The fraction of sp³-hybridized carbons (Fsp3) is 0.818. The number of rotatable bonds is 8. The summed E-state index contributed by atoms with van der Waals surface area (Å²) in [5, 5.41) is 7.49. The van der Waals surface area contributed by atoms with Crippen molar-refractivity contribution < 1.29 is 4.74 Å². The van der Waals surface area contributed by atoms with Crippen LogP contribution in [0, 0.1) is 0 Å². The predicted molar refractivity (Wildman–Crippen MR) is 63.1 cm³/mol. The minimum absolute atomic E-state index is 0.269. The molecule has 1 rings (SSSR count). The molecule has 0 saturated carbocycles. The number of nitrogens with one attached hydrogen (secondary N) is 1. The maximum absolute atomic E-state index is 5.49. The Balaban J connectivity index is 2.32. The smallest absolute Gasteiger partial charge is 0.140 e. The van der Waals surface area contributed by atoms with E-state index in [1.165, 1.54) is 0 Å². The Morgan fingerprint density at radius 1 is 1.50 bits per heavy atom. The summed E-state index contributed by atoms with van der Waals surface area (Å²) in [7, 11) is 0. The first-order valence-corrected chi connectivity index (χ1v) is 5.93. The van der Waals surface area contributed by atoms with Gasteiger partial charge in [0.15, 0.2) is 0 Å². The zero-order valence-corrected chi connectivity index (χ0v) is 10.4. The van der Waals surface area contributed by atoms with E-state index in [0.29, 0.717) is 6.61 Å². The summed E-state index contributed by atoms with van der Waals surface area (Å²) >= 11 is 0. The number of ether oxygens (including phenoxy) is 1. The molecule has 1 aromatic rings. The lowest BCUT2D eigenvalue weighted by Gasteiger charge is -2.09. The van der Waals surface area contributed by atoms with Gasteiger partial charge in [0.2, 0.25) is 0 Å². The van der Waals surface area contributed by atoms with E-state index in [-0.39, 0.29) is 6.10 Å².